The Bertz CT molecular complexity index is 647. The summed E-state index contributed by atoms with van der Waals surface area (Å²) in [5.74, 6) is 0.123. The molecule has 0 amide bonds. The second kappa shape index (κ2) is 6.55. The average Bonchev–Trinajstić information content (AvgIpc) is 2.43. The minimum atomic E-state index is 0.123. The van der Waals surface area contributed by atoms with E-state index in [9.17, 15) is 0 Å². The molecule has 110 valence electrons. The smallest absolute Gasteiger partial charge is 0.122 e. The molecule has 0 saturated heterocycles. The van der Waals surface area contributed by atoms with Crippen LogP contribution < -0.4 is 5.73 Å². The molecule has 2 aromatic rings. The number of aryl methyl sites for hydroxylation is 2. The van der Waals surface area contributed by atoms with E-state index in [1.54, 1.807) is 0 Å². The van der Waals surface area contributed by atoms with Gasteiger partial charge in [-0.1, -0.05) is 36.4 Å². The monoisotopic (exact) mass is 281 g/mol. The van der Waals surface area contributed by atoms with Crippen LogP contribution in [0.4, 0.5) is 0 Å². The third-order valence-electron chi connectivity index (χ3n) is 3.80. The van der Waals surface area contributed by atoms with Crippen molar-refractivity contribution < 1.29 is 0 Å². The van der Waals surface area contributed by atoms with Crippen molar-refractivity contribution in [1.29, 1.82) is 5.41 Å². The number of hydrogen-bond donors (Lipinski definition) is 2. The minimum Gasteiger partial charge on any atom is -0.384 e. The van der Waals surface area contributed by atoms with Crippen LogP contribution >= 0.6 is 0 Å². The van der Waals surface area contributed by atoms with Gasteiger partial charge in [0.05, 0.1) is 0 Å². The lowest BCUT2D eigenvalue weighted by atomic mass is 10.0. The number of hydrogen-bond acceptors (Lipinski definition) is 2. The fourth-order valence-corrected chi connectivity index (χ4v) is 2.47. The van der Waals surface area contributed by atoms with E-state index in [0.717, 1.165) is 18.7 Å². The zero-order valence-electron chi connectivity index (χ0n) is 13.0. The van der Waals surface area contributed by atoms with Gasteiger partial charge in [-0.05, 0) is 49.2 Å². The molecule has 0 aliphatic rings. The van der Waals surface area contributed by atoms with Crippen LogP contribution in [0.15, 0.2) is 42.5 Å². The Kier molecular flexibility index (Phi) is 4.76. The van der Waals surface area contributed by atoms with Crippen molar-refractivity contribution in [1.82, 2.24) is 4.90 Å². The van der Waals surface area contributed by atoms with Gasteiger partial charge in [-0.3, -0.25) is 10.3 Å². The molecule has 3 nitrogen and oxygen atoms in total. The first-order valence-electron chi connectivity index (χ1n) is 7.14. The minimum absolute atomic E-state index is 0.123. The van der Waals surface area contributed by atoms with Gasteiger partial charge >= 0.3 is 0 Å². The maximum Gasteiger partial charge on any atom is 0.122 e. The maximum atomic E-state index is 7.48. The van der Waals surface area contributed by atoms with Gasteiger partial charge in [0.1, 0.15) is 5.84 Å². The zero-order valence-corrected chi connectivity index (χ0v) is 13.0. The highest BCUT2D eigenvalue weighted by Gasteiger charge is 2.07. The molecule has 0 heterocycles. The summed E-state index contributed by atoms with van der Waals surface area (Å²) in [5.41, 5.74) is 11.5. The average molecular weight is 281 g/mol. The Morgan fingerprint density at radius 3 is 2.19 bits per heavy atom. The molecule has 0 bridgehead atoms. The quantitative estimate of drug-likeness (QED) is 0.653. The van der Waals surface area contributed by atoms with Crippen molar-refractivity contribution in [3.05, 3.63) is 70.3 Å². The summed E-state index contributed by atoms with van der Waals surface area (Å²) in [6.07, 6.45) is 0. The number of benzene rings is 2. The highest BCUT2D eigenvalue weighted by Crippen LogP contribution is 2.15. The Morgan fingerprint density at radius 1 is 1.00 bits per heavy atom. The van der Waals surface area contributed by atoms with Crippen LogP contribution in [0.25, 0.3) is 0 Å². The first-order valence-corrected chi connectivity index (χ1v) is 7.14. The van der Waals surface area contributed by atoms with Crippen LogP contribution in [0.1, 0.15) is 27.8 Å². The van der Waals surface area contributed by atoms with Crippen molar-refractivity contribution in [3.8, 4) is 0 Å². The Labute approximate surface area is 126 Å². The van der Waals surface area contributed by atoms with E-state index < -0.39 is 0 Å². The number of amidine groups is 1. The van der Waals surface area contributed by atoms with E-state index in [-0.39, 0.29) is 5.84 Å². The third kappa shape index (κ3) is 3.92. The highest BCUT2D eigenvalue weighted by atomic mass is 15.1. The van der Waals surface area contributed by atoms with E-state index in [0.29, 0.717) is 0 Å². The first-order chi connectivity index (χ1) is 9.97. The van der Waals surface area contributed by atoms with E-state index in [1.165, 1.54) is 22.3 Å². The summed E-state index contributed by atoms with van der Waals surface area (Å²) in [4.78, 5) is 2.30. The summed E-state index contributed by atoms with van der Waals surface area (Å²) in [6.45, 7) is 6.04. The predicted molar refractivity (Wildman–Crippen MR) is 88.5 cm³/mol. The largest absolute Gasteiger partial charge is 0.384 e. The van der Waals surface area contributed by atoms with Gasteiger partial charge in [0.2, 0.25) is 0 Å². The molecule has 0 aliphatic carbocycles. The van der Waals surface area contributed by atoms with Gasteiger partial charge in [0.15, 0.2) is 0 Å². The van der Waals surface area contributed by atoms with Gasteiger partial charge in [-0.15, -0.1) is 0 Å². The van der Waals surface area contributed by atoms with E-state index >= 15 is 0 Å². The van der Waals surface area contributed by atoms with Crippen LogP contribution in [0, 0.1) is 19.3 Å². The molecule has 21 heavy (non-hydrogen) atoms. The molecule has 2 aromatic carbocycles. The molecule has 0 spiro atoms. The highest BCUT2D eigenvalue weighted by molar-refractivity contribution is 5.95. The number of nitrogens with one attached hydrogen (secondary N) is 1. The zero-order chi connectivity index (χ0) is 15.4. The van der Waals surface area contributed by atoms with Crippen LogP contribution in [-0.4, -0.2) is 17.8 Å². The molecule has 0 saturated carbocycles. The Balaban J connectivity index is 2.08. The Hall–Kier alpha value is -2.13. The topological polar surface area (TPSA) is 53.1 Å². The van der Waals surface area contributed by atoms with Gasteiger partial charge < -0.3 is 5.73 Å². The predicted octanol–water partition coefficient (Wildman–Crippen LogP) is 3.22. The molecule has 0 atom stereocenters. The molecule has 0 radical (unpaired) electrons. The summed E-state index contributed by atoms with van der Waals surface area (Å²) in [6, 6.07) is 14.5. The molecule has 0 unspecified atom stereocenters. The van der Waals surface area contributed by atoms with E-state index in [1.807, 2.05) is 12.1 Å². The lowest BCUT2D eigenvalue weighted by Gasteiger charge is -2.19. The SMILES string of the molecule is Cc1ccccc1CN(C)Cc1ccc(C(=N)N)cc1C. The number of nitrogens with two attached hydrogens (primary N) is 1. The summed E-state index contributed by atoms with van der Waals surface area (Å²) >= 11 is 0. The molecular weight excluding hydrogens is 258 g/mol. The summed E-state index contributed by atoms with van der Waals surface area (Å²) in [7, 11) is 2.13. The molecule has 0 aromatic heterocycles. The third-order valence-corrected chi connectivity index (χ3v) is 3.80. The normalized spacial score (nSPS) is 10.9. The lowest BCUT2D eigenvalue weighted by molar-refractivity contribution is 0.318. The number of rotatable bonds is 5. The lowest BCUT2D eigenvalue weighted by Crippen LogP contribution is -2.19. The van der Waals surface area contributed by atoms with Gasteiger partial charge in [-0.25, -0.2) is 0 Å². The molecule has 3 N–H and O–H groups in total. The second-order valence-corrected chi connectivity index (χ2v) is 5.65. The maximum absolute atomic E-state index is 7.48. The van der Waals surface area contributed by atoms with Crippen molar-refractivity contribution in [2.75, 3.05) is 7.05 Å². The standard InChI is InChI=1S/C18H23N3/c1-13-6-4-5-7-16(13)11-21(3)12-17-9-8-15(18(19)20)10-14(17)2/h4-10H,11-12H2,1-3H3,(H3,19,20). The van der Waals surface area contributed by atoms with E-state index in [2.05, 4.69) is 56.1 Å². The summed E-state index contributed by atoms with van der Waals surface area (Å²) in [5, 5.41) is 7.48. The van der Waals surface area contributed by atoms with Crippen molar-refractivity contribution in [2.45, 2.75) is 26.9 Å². The molecule has 0 fully saturated rings. The van der Waals surface area contributed by atoms with Gasteiger partial charge in [-0.2, -0.15) is 0 Å². The van der Waals surface area contributed by atoms with Crippen LogP contribution in [0.5, 0.6) is 0 Å². The van der Waals surface area contributed by atoms with Crippen LogP contribution in [0.3, 0.4) is 0 Å². The molecule has 0 aliphatic heterocycles. The van der Waals surface area contributed by atoms with Crippen LogP contribution in [-0.2, 0) is 13.1 Å². The van der Waals surface area contributed by atoms with Crippen molar-refractivity contribution in [2.24, 2.45) is 5.73 Å². The van der Waals surface area contributed by atoms with Gasteiger partial charge in [0, 0.05) is 18.7 Å². The van der Waals surface area contributed by atoms with E-state index in [4.69, 9.17) is 11.1 Å². The van der Waals surface area contributed by atoms with Crippen molar-refractivity contribution >= 4 is 5.84 Å². The fourth-order valence-electron chi connectivity index (χ4n) is 2.47. The van der Waals surface area contributed by atoms with Gasteiger partial charge in [0.25, 0.3) is 0 Å². The second-order valence-electron chi connectivity index (χ2n) is 5.65. The summed E-state index contributed by atoms with van der Waals surface area (Å²) < 4.78 is 0. The number of nitrogen functional groups attached to an aromatic ring is 1. The van der Waals surface area contributed by atoms with Crippen molar-refractivity contribution in [3.63, 3.8) is 0 Å². The first kappa shape index (κ1) is 15.3. The fraction of sp³-hybridized carbons (Fsp3) is 0.278. The molecule has 2 rings (SSSR count). The molecule has 3 heteroatoms. The van der Waals surface area contributed by atoms with Crippen LogP contribution in [0.2, 0.25) is 0 Å². The number of nitrogens with zero attached hydrogens (tertiary/aromatic N) is 1. The molecular formula is C18H23N3. The Morgan fingerprint density at radius 2 is 1.62 bits per heavy atom.